The number of benzene rings is 2. The predicted molar refractivity (Wildman–Crippen MR) is 143 cm³/mol. The second kappa shape index (κ2) is 9.97. The van der Waals surface area contributed by atoms with Gasteiger partial charge in [-0.05, 0) is 50.5 Å². The van der Waals surface area contributed by atoms with Crippen molar-refractivity contribution in [3.8, 4) is 6.07 Å². The van der Waals surface area contributed by atoms with E-state index in [0.29, 0.717) is 34.2 Å². The fraction of sp³-hybridized carbons (Fsp3) is 0.370. The fourth-order valence-electron chi connectivity index (χ4n) is 5.14. The molecule has 192 valence electrons. The second-order valence-corrected chi connectivity index (χ2v) is 10.7. The van der Waals surface area contributed by atoms with Crippen molar-refractivity contribution < 1.29 is 9.18 Å². The molecule has 1 saturated carbocycles. The van der Waals surface area contributed by atoms with Gasteiger partial charge in [0.1, 0.15) is 23.0 Å². The summed E-state index contributed by atoms with van der Waals surface area (Å²) in [6, 6.07) is 8.53. The van der Waals surface area contributed by atoms with Crippen LogP contribution in [0.2, 0.25) is 10.0 Å². The maximum Gasteiger partial charge on any atom is 0.257 e. The number of pyridine rings is 1. The summed E-state index contributed by atoms with van der Waals surface area (Å²) < 4.78 is 17.4. The Morgan fingerprint density at radius 2 is 1.92 bits per heavy atom. The number of nitrogens with one attached hydrogen (secondary N) is 2. The van der Waals surface area contributed by atoms with Gasteiger partial charge >= 0.3 is 0 Å². The topological polar surface area (TPSA) is 90.2 Å². The Hall–Kier alpha value is -3.12. The Morgan fingerprint density at radius 3 is 2.54 bits per heavy atom. The first kappa shape index (κ1) is 25.5. The van der Waals surface area contributed by atoms with Crippen LogP contribution >= 0.6 is 23.2 Å². The third-order valence-electron chi connectivity index (χ3n) is 6.87. The zero-order valence-electron chi connectivity index (χ0n) is 20.4. The summed E-state index contributed by atoms with van der Waals surface area (Å²) in [5.74, 6) is -1.24. The number of piperazine rings is 1. The van der Waals surface area contributed by atoms with Crippen LogP contribution in [0.3, 0.4) is 0 Å². The average Bonchev–Trinajstić information content (AvgIpc) is 3.68. The summed E-state index contributed by atoms with van der Waals surface area (Å²) in [6.07, 6.45) is 3.20. The highest BCUT2D eigenvalue weighted by molar-refractivity contribution is 6.35. The molecule has 2 aromatic carbocycles. The molecule has 2 heterocycles. The monoisotopic (exact) mass is 541 g/mol. The maximum atomic E-state index is 15.6. The molecule has 0 radical (unpaired) electrons. The van der Waals surface area contributed by atoms with Crippen LogP contribution in [-0.4, -0.2) is 35.6 Å². The molecule has 0 unspecified atom stereocenters. The summed E-state index contributed by atoms with van der Waals surface area (Å²) >= 11 is 12.2. The smallest absolute Gasteiger partial charge is 0.257 e. The number of carbonyl (C=O) groups is 1. The average molecular weight is 542 g/mol. The van der Waals surface area contributed by atoms with E-state index in [1.807, 2.05) is 18.7 Å². The van der Waals surface area contributed by atoms with E-state index in [1.54, 1.807) is 22.8 Å². The summed E-state index contributed by atoms with van der Waals surface area (Å²) in [4.78, 5) is 28.5. The van der Waals surface area contributed by atoms with Crippen LogP contribution < -0.4 is 21.0 Å². The van der Waals surface area contributed by atoms with Gasteiger partial charge in [-0.25, -0.2) is 4.39 Å². The highest BCUT2D eigenvalue weighted by atomic mass is 35.5. The fourth-order valence-corrected chi connectivity index (χ4v) is 5.62. The van der Waals surface area contributed by atoms with Crippen LogP contribution in [-0.2, 0) is 6.54 Å². The van der Waals surface area contributed by atoms with Gasteiger partial charge in [0.25, 0.3) is 5.91 Å². The van der Waals surface area contributed by atoms with Crippen molar-refractivity contribution >= 4 is 45.7 Å². The van der Waals surface area contributed by atoms with E-state index >= 15 is 4.39 Å². The molecular formula is C27H26Cl2FN5O2. The lowest BCUT2D eigenvalue weighted by molar-refractivity contribution is 0.0949. The van der Waals surface area contributed by atoms with Crippen molar-refractivity contribution in [2.24, 2.45) is 0 Å². The minimum Gasteiger partial charge on any atom is -0.365 e. The number of amides is 1. The number of halogens is 3. The molecule has 2 N–H and O–H groups in total. The van der Waals surface area contributed by atoms with Crippen molar-refractivity contribution in [3.63, 3.8) is 0 Å². The molecule has 0 bridgehead atoms. The van der Waals surface area contributed by atoms with Crippen LogP contribution in [0.5, 0.6) is 0 Å². The van der Waals surface area contributed by atoms with E-state index in [1.165, 1.54) is 12.3 Å². The number of nitrogens with zero attached hydrogens (tertiary/aromatic N) is 3. The number of carbonyl (C=O) groups excluding carboxylic acids is 1. The molecule has 1 aliphatic carbocycles. The summed E-state index contributed by atoms with van der Waals surface area (Å²) in [5, 5.41) is 17.2. The molecule has 1 aromatic heterocycles. The molecule has 1 aliphatic heterocycles. The molecular weight excluding hydrogens is 516 g/mol. The summed E-state index contributed by atoms with van der Waals surface area (Å²) in [7, 11) is 0. The van der Waals surface area contributed by atoms with E-state index < -0.39 is 17.2 Å². The van der Waals surface area contributed by atoms with E-state index in [-0.39, 0.29) is 46.9 Å². The zero-order chi connectivity index (χ0) is 26.4. The largest absolute Gasteiger partial charge is 0.365 e. The van der Waals surface area contributed by atoms with Gasteiger partial charge in [-0.15, -0.1) is 0 Å². The molecule has 37 heavy (non-hydrogen) atoms. The van der Waals surface area contributed by atoms with Gasteiger partial charge in [0.2, 0.25) is 5.43 Å². The van der Waals surface area contributed by atoms with Crippen molar-refractivity contribution in [3.05, 3.63) is 73.2 Å². The number of rotatable bonds is 5. The van der Waals surface area contributed by atoms with Crippen LogP contribution in [0.1, 0.15) is 54.2 Å². The molecule has 3 aromatic rings. The minimum absolute atomic E-state index is 0.0260. The Labute approximate surface area is 223 Å². The van der Waals surface area contributed by atoms with Gasteiger partial charge in [-0.1, -0.05) is 29.3 Å². The van der Waals surface area contributed by atoms with Crippen molar-refractivity contribution in [2.45, 2.75) is 51.4 Å². The predicted octanol–water partition coefficient (Wildman–Crippen LogP) is 4.77. The summed E-state index contributed by atoms with van der Waals surface area (Å²) in [5.41, 5.74) is 0.631. The number of hydrogen-bond acceptors (Lipinski definition) is 5. The Balaban J connectivity index is 1.59. The number of hydrogen-bond donors (Lipinski definition) is 2. The number of anilines is 1. The van der Waals surface area contributed by atoms with E-state index in [2.05, 4.69) is 16.7 Å². The highest BCUT2D eigenvalue weighted by Gasteiger charge is 2.32. The molecule has 1 saturated heterocycles. The standard InChI is InChI=1S/C27H26Cl2FN5O2/c1-14-11-34(12-15(2)33-14)25-20(9-31)24-19(8-23(25)30)26(36)21(13-35(24)18-5-6-18)27(37)32-10-16-3-4-17(28)7-22(16)29/h3-4,7-8,13-15,18,33H,5-6,10-12H2,1-2H3,(H,32,37)/t14-,15+. The van der Waals surface area contributed by atoms with Crippen molar-refractivity contribution in [1.29, 1.82) is 5.26 Å². The second-order valence-electron chi connectivity index (χ2n) is 9.89. The van der Waals surface area contributed by atoms with Crippen LogP contribution in [0, 0.1) is 17.1 Å². The SMILES string of the molecule is C[C@@H]1CN(c2c(F)cc3c(=O)c(C(=O)NCc4ccc(Cl)cc4Cl)cn(C4CC4)c3c2C#N)C[C@H](C)N1. The first-order valence-electron chi connectivity index (χ1n) is 12.2. The molecule has 2 fully saturated rings. The lowest BCUT2D eigenvalue weighted by atomic mass is 10.0. The van der Waals surface area contributed by atoms with Crippen molar-refractivity contribution in [1.82, 2.24) is 15.2 Å². The molecule has 2 atom stereocenters. The van der Waals surface area contributed by atoms with E-state index in [9.17, 15) is 14.9 Å². The van der Waals surface area contributed by atoms with Gasteiger partial charge in [0.05, 0.1) is 16.6 Å². The molecule has 5 rings (SSSR count). The molecule has 1 amide bonds. The van der Waals surface area contributed by atoms with Gasteiger partial charge < -0.3 is 20.1 Å². The van der Waals surface area contributed by atoms with Crippen molar-refractivity contribution in [2.75, 3.05) is 18.0 Å². The Morgan fingerprint density at radius 1 is 1.22 bits per heavy atom. The zero-order valence-corrected chi connectivity index (χ0v) is 22.0. The Kier molecular flexibility index (Phi) is 6.88. The van der Waals surface area contributed by atoms with Gasteiger partial charge in [-0.3, -0.25) is 9.59 Å². The van der Waals surface area contributed by atoms with Gasteiger partial charge in [-0.2, -0.15) is 5.26 Å². The minimum atomic E-state index is -0.643. The lowest BCUT2D eigenvalue weighted by Crippen LogP contribution is -2.54. The van der Waals surface area contributed by atoms with E-state index in [0.717, 1.165) is 12.8 Å². The maximum absolute atomic E-state index is 15.6. The number of nitriles is 1. The van der Waals surface area contributed by atoms with Crippen LogP contribution in [0.15, 0.2) is 35.3 Å². The molecule has 2 aliphatic rings. The van der Waals surface area contributed by atoms with Gasteiger partial charge in [0, 0.05) is 54.0 Å². The molecule has 7 nitrogen and oxygen atoms in total. The van der Waals surface area contributed by atoms with Crippen LogP contribution in [0.4, 0.5) is 10.1 Å². The van der Waals surface area contributed by atoms with E-state index in [4.69, 9.17) is 23.2 Å². The van der Waals surface area contributed by atoms with Gasteiger partial charge in [0.15, 0.2) is 0 Å². The highest BCUT2D eigenvalue weighted by Crippen LogP contribution is 2.40. The number of fused-ring (bicyclic) bond motifs is 1. The first-order valence-corrected chi connectivity index (χ1v) is 13.0. The normalized spacial score (nSPS) is 19.6. The number of aromatic nitrogens is 1. The molecule has 0 spiro atoms. The third kappa shape index (κ3) is 4.91. The lowest BCUT2D eigenvalue weighted by Gasteiger charge is -2.38. The van der Waals surface area contributed by atoms with Crippen LogP contribution in [0.25, 0.3) is 10.9 Å². The summed E-state index contributed by atoms with van der Waals surface area (Å²) in [6.45, 7) is 5.17. The quantitative estimate of drug-likeness (QED) is 0.485. The first-order chi connectivity index (χ1) is 17.7. The third-order valence-corrected chi connectivity index (χ3v) is 7.45. The molecule has 10 heteroatoms. The Bertz CT molecular complexity index is 1500.